The van der Waals surface area contributed by atoms with E-state index in [1.807, 2.05) is 39.0 Å². The largest absolute Gasteiger partial charge is 0.443 e. The maximum Gasteiger partial charge on any atom is 0.264 e. The van der Waals surface area contributed by atoms with E-state index >= 15 is 0 Å². The molecular weight excluding hydrogens is 318 g/mol. The number of furan rings is 1. The van der Waals surface area contributed by atoms with Gasteiger partial charge < -0.3 is 9.73 Å². The summed E-state index contributed by atoms with van der Waals surface area (Å²) in [5.41, 5.74) is 3.92. The number of benzene rings is 1. The summed E-state index contributed by atoms with van der Waals surface area (Å²) in [6.45, 7) is 7.88. The molecule has 0 aliphatic carbocycles. The summed E-state index contributed by atoms with van der Waals surface area (Å²) in [6, 6.07) is 5.78. The molecule has 0 spiro atoms. The minimum Gasteiger partial charge on any atom is -0.443 e. The fourth-order valence-electron chi connectivity index (χ4n) is 2.75. The lowest BCUT2D eigenvalue weighted by Gasteiger charge is -2.10. The number of aryl methyl sites for hydroxylation is 4. The fourth-order valence-corrected chi connectivity index (χ4v) is 2.75. The van der Waals surface area contributed by atoms with Crippen molar-refractivity contribution in [2.75, 3.05) is 5.32 Å². The highest BCUT2D eigenvalue weighted by atomic mass is 16.3. The quantitative estimate of drug-likeness (QED) is 0.791. The standard InChI is InChI=1S/C19H21N3O3/c1-11-6-5-7-15(12(11)2)21-16(23)8-9-22-10-20-18-17(19(22)24)13(3)14(4)25-18/h5-7,10H,8-9H2,1-4H3,(H,21,23). The average Bonchev–Trinajstić information content (AvgIpc) is 2.86. The normalized spacial score (nSPS) is 11.0. The topological polar surface area (TPSA) is 77.1 Å². The van der Waals surface area contributed by atoms with Crippen LogP contribution in [0.1, 0.15) is 28.9 Å². The summed E-state index contributed by atoms with van der Waals surface area (Å²) < 4.78 is 6.91. The van der Waals surface area contributed by atoms with Gasteiger partial charge in [-0.1, -0.05) is 12.1 Å². The summed E-state index contributed by atoms with van der Waals surface area (Å²) >= 11 is 0. The smallest absolute Gasteiger partial charge is 0.264 e. The minimum atomic E-state index is -0.182. The lowest BCUT2D eigenvalue weighted by atomic mass is 10.1. The van der Waals surface area contributed by atoms with Gasteiger partial charge in [0.2, 0.25) is 11.6 Å². The number of fused-ring (bicyclic) bond motifs is 1. The first-order valence-electron chi connectivity index (χ1n) is 8.19. The Bertz CT molecular complexity index is 1010. The summed E-state index contributed by atoms with van der Waals surface area (Å²) in [6.07, 6.45) is 1.62. The van der Waals surface area contributed by atoms with Crippen molar-refractivity contribution in [2.45, 2.75) is 40.7 Å². The molecule has 0 radical (unpaired) electrons. The van der Waals surface area contributed by atoms with Crippen LogP contribution in [0.3, 0.4) is 0 Å². The number of hydrogen-bond donors (Lipinski definition) is 1. The van der Waals surface area contributed by atoms with Crippen molar-refractivity contribution >= 4 is 22.7 Å². The van der Waals surface area contributed by atoms with Crippen molar-refractivity contribution in [1.29, 1.82) is 0 Å². The van der Waals surface area contributed by atoms with Crippen molar-refractivity contribution in [1.82, 2.24) is 9.55 Å². The van der Waals surface area contributed by atoms with Crippen molar-refractivity contribution in [3.05, 3.63) is 57.3 Å². The molecule has 0 unspecified atom stereocenters. The second-order valence-corrected chi connectivity index (χ2v) is 6.25. The van der Waals surface area contributed by atoms with E-state index in [4.69, 9.17) is 4.42 Å². The molecule has 6 heteroatoms. The van der Waals surface area contributed by atoms with Crippen LogP contribution in [0, 0.1) is 27.7 Å². The molecule has 2 heterocycles. The third-order valence-electron chi connectivity index (χ3n) is 4.61. The van der Waals surface area contributed by atoms with Gasteiger partial charge in [-0.3, -0.25) is 14.2 Å². The van der Waals surface area contributed by atoms with Gasteiger partial charge in [0.1, 0.15) is 17.5 Å². The van der Waals surface area contributed by atoms with Gasteiger partial charge >= 0.3 is 0 Å². The van der Waals surface area contributed by atoms with Crippen LogP contribution in [-0.2, 0) is 11.3 Å². The lowest BCUT2D eigenvalue weighted by Crippen LogP contribution is -2.23. The molecule has 2 aromatic heterocycles. The molecule has 0 saturated heterocycles. The summed E-state index contributed by atoms with van der Waals surface area (Å²) in [5, 5.41) is 3.38. The van der Waals surface area contributed by atoms with E-state index in [9.17, 15) is 9.59 Å². The molecule has 0 aliphatic heterocycles. The number of aromatic nitrogens is 2. The summed E-state index contributed by atoms with van der Waals surface area (Å²) in [5.74, 6) is 0.547. The van der Waals surface area contributed by atoms with Crippen LogP contribution in [0.15, 0.2) is 33.7 Å². The van der Waals surface area contributed by atoms with E-state index in [-0.39, 0.29) is 24.4 Å². The Morgan fingerprint density at radius 2 is 1.96 bits per heavy atom. The predicted molar refractivity (Wildman–Crippen MR) is 96.9 cm³/mol. The van der Waals surface area contributed by atoms with Crippen molar-refractivity contribution in [3.63, 3.8) is 0 Å². The number of carbonyl (C=O) groups excluding carboxylic acids is 1. The summed E-state index contributed by atoms with van der Waals surface area (Å²) in [7, 11) is 0. The van der Waals surface area contributed by atoms with E-state index < -0.39 is 0 Å². The zero-order valence-electron chi connectivity index (χ0n) is 14.8. The molecule has 130 valence electrons. The van der Waals surface area contributed by atoms with Crippen molar-refractivity contribution in [2.24, 2.45) is 0 Å². The monoisotopic (exact) mass is 339 g/mol. The minimum absolute atomic E-state index is 0.138. The van der Waals surface area contributed by atoms with E-state index in [1.165, 1.54) is 10.9 Å². The Labute approximate surface area is 145 Å². The van der Waals surface area contributed by atoms with Crippen LogP contribution < -0.4 is 10.9 Å². The van der Waals surface area contributed by atoms with Crippen LogP contribution in [0.5, 0.6) is 0 Å². The van der Waals surface area contributed by atoms with Crippen LogP contribution in [0.4, 0.5) is 5.69 Å². The highest BCUT2D eigenvalue weighted by molar-refractivity contribution is 5.91. The van der Waals surface area contributed by atoms with Gasteiger partial charge in [-0.05, 0) is 44.9 Å². The molecule has 0 fully saturated rings. The van der Waals surface area contributed by atoms with Gasteiger partial charge in [0, 0.05) is 24.2 Å². The number of hydrogen-bond acceptors (Lipinski definition) is 4. The molecule has 1 amide bonds. The van der Waals surface area contributed by atoms with Gasteiger partial charge in [0.05, 0.1) is 0 Å². The molecule has 25 heavy (non-hydrogen) atoms. The highest BCUT2D eigenvalue weighted by Crippen LogP contribution is 2.20. The molecule has 0 atom stereocenters. The Kier molecular flexibility index (Phi) is 4.44. The highest BCUT2D eigenvalue weighted by Gasteiger charge is 2.14. The van der Waals surface area contributed by atoms with Gasteiger partial charge in [0.25, 0.3) is 5.56 Å². The molecule has 1 aromatic carbocycles. The van der Waals surface area contributed by atoms with Gasteiger partial charge in [-0.25, -0.2) is 4.98 Å². The maximum absolute atomic E-state index is 12.6. The molecular formula is C19H21N3O3. The van der Waals surface area contributed by atoms with Crippen LogP contribution in [0.25, 0.3) is 11.1 Å². The first-order valence-corrected chi connectivity index (χ1v) is 8.19. The summed E-state index contributed by atoms with van der Waals surface area (Å²) in [4.78, 5) is 29.0. The zero-order valence-corrected chi connectivity index (χ0v) is 14.8. The third kappa shape index (κ3) is 3.20. The van der Waals surface area contributed by atoms with Crippen LogP contribution in [-0.4, -0.2) is 15.5 Å². The Morgan fingerprint density at radius 1 is 1.20 bits per heavy atom. The number of rotatable bonds is 4. The number of carbonyl (C=O) groups is 1. The Balaban J connectivity index is 1.75. The number of nitrogens with zero attached hydrogens (tertiary/aromatic N) is 2. The van der Waals surface area contributed by atoms with Crippen LogP contribution >= 0.6 is 0 Å². The number of nitrogens with one attached hydrogen (secondary N) is 1. The fraction of sp³-hybridized carbons (Fsp3) is 0.316. The van der Waals surface area contributed by atoms with Crippen LogP contribution in [0.2, 0.25) is 0 Å². The zero-order chi connectivity index (χ0) is 18.1. The number of anilines is 1. The van der Waals surface area contributed by atoms with E-state index in [0.717, 1.165) is 22.4 Å². The molecule has 3 rings (SSSR count). The predicted octanol–water partition coefficient (Wildman–Crippen LogP) is 3.25. The second kappa shape index (κ2) is 6.55. The molecule has 0 aliphatic rings. The van der Waals surface area contributed by atoms with E-state index in [1.54, 1.807) is 6.92 Å². The first-order chi connectivity index (χ1) is 11.9. The van der Waals surface area contributed by atoms with E-state index in [0.29, 0.717) is 16.9 Å². The van der Waals surface area contributed by atoms with Crippen molar-refractivity contribution < 1.29 is 9.21 Å². The lowest BCUT2D eigenvalue weighted by molar-refractivity contribution is -0.116. The number of amides is 1. The first kappa shape index (κ1) is 17.0. The molecule has 1 N–H and O–H groups in total. The Morgan fingerprint density at radius 3 is 2.72 bits per heavy atom. The molecule has 0 bridgehead atoms. The maximum atomic E-state index is 12.6. The van der Waals surface area contributed by atoms with Gasteiger partial charge in [-0.15, -0.1) is 0 Å². The molecule has 6 nitrogen and oxygen atoms in total. The average molecular weight is 339 g/mol. The van der Waals surface area contributed by atoms with Crippen molar-refractivity contribution in [3.8, 4) is 0 Å². The molecule has 3 aromatic rings. The van der Waals surface area contributed by atoms with E-state index in [2.05, 4.69) is 10.3 Å². The SMILES string of the molecule is Cc1cccc(NC(=O)CCn2cnc3oc(C)c(C)c3c2=O)c1C. The van der Waals surface area contributed by atoms with Gasteiger partial charge in [0.15, 0.2) is 0 Å². The van der Waals surface area contributed by atoms with Gasteiger partial charge in [-0.2, -0.15) is 0 Å². The second-order valence-electron chi connectivity index (χ2n) is 6.25. The molecule has 0 saturated carbocycles. The third-order valence-corrected chi connectivity index (χ3v) is 4.61. The Hall–Kier alpha value is -2.89.